The van der Waals surface area contributed by atoms with Crippen molar-refractivity contribution in [2.45, 2.75) is 20.3 Å². The summed E-state index contributed by atoms with van der Waals surface area (Å²) in [6, 6.07) is 2.18. The van der Waals surface area contributed by atoms with Gasteiger partial charge in [-0.05, 0) is 31.4 Å². The number of imidazole rings is 1. The zero-order valence-corrected chi connectivity index (χ0v) is 8.62. The summed E-state index contributed by atoms with van der Waals surface area (Å²) in [4.78, 5) is 4.33. The average molecular weight is 186 g/mol. The van der Waals surface area contributed by atoms with Crippen LogP contribution in [0.15, 0.2) is 36.8 Å². The fourth-order valence-electron chi connectivity index (χ4n) is 1.72. The van der Waals surface area contributed by atoms with Crippen molar-refractivity contribution in [3.8, 4) is 0 Å². The fourth-order valence-corrected chi connectivity index (χ4v) is 1.72. The normalized spacial score (nSPS) is 10.7. The van der Waals surface area contributed by atoms with Gasteiger partial charge in [0.05, 0.1) is 0 Å². The Morgan fingerprint density at radius 1 is 1.57 bits per heavy atom. The van der Waals surface area contributed by atoms with Crippen LogP contribution < -0.4 is 0 Å². The van der Waals surface area contributed by atoms with Gasteiger partial charge in [-0.1, -0.05) is 18.2 Å². The van der Waals surface area contributed by atoms with Crippen LogP contribution in [-0.4, -0.2) is 9.38 Å². The minimum atomic E-state index is 0.905. The van der Waals surface area contributed by atoms with Crippen LogP contribution in [0, 0.1) is 6.92 Å². The second-order valence-corrected chi connectivity index (χ2v) is 3.83. The van der Waals surface area contributed by atoms with Crippen molar-refractivity contribution >= 4 is 5.65 Å². The highest BCUT2D eigenvalue weighted by molar-refractivity contribution is 5.50. The van der Waals surface area contributed by atoms with Crippen molar-refractivity contribution in [3.05, 3.63) is 47.9 Å². The largest absolute Gasteiger partial charge is 0.307 e. The summed E-state index contributed by atoms with van der Waals surface area (Å²) < 4.78 is 2.06. The molecule has 2 heterocycles. The van der Waals surface area contributed by atoms with E-state index in [0.717, 1.165) is 12.1 Å². The lowest BCUT2D eigenvalue weighted by Gasteiger charge is -2.05. The molecule has 0 spiro atoms. The number of nitrogens with zero attached hydrogens (tertiary/aromatic N) is 2. The van der Waals surface area contributed by atoms with Gasteiger partial charge in [-0.3, -0.25) is 0 Å². The molecule has 2 aromatic heterocycles. The Balaban J connectivity index is 2.60. The van der Waals surface area contributed by atoms with Gasteiger partial charge in [0, 0.05) is 18.6 Å². The first-order chi connectivity index (χ1) is 6.66. The van der Waals surface area contributed by atoms with Crippen LogP contribution in [0.3, 0.4) is 0 Å². The number of allylic oxidation sites excluding steroid dienone is 1. The van der Waals surface area contributed by atoms with Crippen LogP contribution in [0.4, 0.5) is 0 Å². The second-order valence-electron chi connectivity index (χ2n) is 3.83. The molecule has 14 heavy (non-hydrogen) atoms. The predicted molar refractivity (Wildman–Crippen MR) is 58.4 cm³/mol. The highest BCUT2D eigenvalue weighted by Gasteiger charge is 2.03. The molecule has 0 aliphatic rings. The van der Waals surface area contributed by atoms with Gasteiger partial charge in [0.2, 0.25) is 0 Å². The molecule has 0 fully saturated rings. The standard InChI is InChI=1S/C12H14N2/c1-9(2)6-11-7-10(3)8-14-5-4-13-12(11)14/h4-5,7-8H,1,6H2,2-3H3. The highest BCUT2D eigenvalue weighted by atomic mass is 15.0. The molecule has 2 nitrogen and oxygen atoms in total. The molecule has 0 N–H and O–H groups in total. The van der Waals surface area contributed by atoms with Gasteiger partial charge in [-0.15, -0.1) is 0 Å². The first-order valence-corrected chi connectivity index (χ1v) is 4.73. The molecule has 0 radical (unpaired) electrons. The topological polar surface area (TPSA) is 17.3 Å². The molecule has 2 heteroatoms. The lowest BCUT2D eigenvalue weighted by Crippen LogP contribution is -1.94. The van der Waals surface area contributed by atoms with E-state index in [1.54, 1.807) is 0 Å². The van der Waals surface area contributed by atoms with Crippen molar-refractivity contribution in [2.24, 2.45) is 0 Å². The average Bonchev–Trinajstić information content (AvgIpc) is 2.50. The molecular weight excluding hydrogens is 172 g/mol. The second kappa shape index (κ2) is 3.29. The van der Waals surface area contributed by atoms with Gasteiger partial charge >= 0.3 is 0 Å². The maximum absolute atomic E-state index is 4.33. The number of aryl methyl sites for hydroxylation is 1. The smallest absolute Gasteiger partial charge is 0.140 e. The van der Waals surface area contributed by atoms with E-state index in [1.165, 1.54) is 16.7 Å². The highest BCUT2D eigenvalue weighted by Crippen LogP contribution is 2.14. The lowest BCUT2D eigenvalue weighted by molar-refractivity contribution is 1.08. The molecular formula is C12H14N2. The van der Waals surface area contributed by atoms with Crippen molar-refractivity contribution in [2.75, 3.05) is 0 Å². The van der Waals surface area contributed by atoms with E-state index in [-0.39, 0.29) is 0 Å². The molecule has 0 bridgehead atoms. The van der Waals surface area contributed by atoms with Crippen LogP contribution in [0.25, 0.3) is 5.65 Å². The zero-order chi connectivity index (χ0) is 10.1. The van der Waals surface area contributed by atoms with Gasteiger partial charge in [0.25, 0.3) is 0 Å². The molecule has 2 rings (SSSR count). The van der Waals surface area contributed by atoms with E-state index in [9.17, 15) is 0 Å². The number of hydrogen-bond donors (Lipinski definition) is 0. The minimum absolute atomic E-state index is 0.905. The Morgan fingerprint density at radius 2 is 2.36 bits per heavy atom. The monoisotopic (exact) mass is 186 g/mol. The number of aromatic nitrogens is 2. The SMILES string of the molecule is C=C(C)Cc1cc(C)cn2ccnc12. The molecule has 0 unspecified atom stereocenters. The third kappa shape index (κ3) is 1.55. The van der Waals surface area contributed by atoms with Crippen molar-refractivity contribution in [3.63, 3.8) is 0 Å². The number of rotatable bonds is 2. The summed E-state index contributed by atoms with van der Waals surface area (Å²) in [5, 5.41) is 0. The molecule has 0 atom stereocenters. The Hall–Kier alpha value is -1.57. The Morgan fingerprint density at radius 3 is 3.07 bits per heavy atom. The number of hydrogen-bond acceptors (Lipinski definition) is 1. The molecule has 0 saturated carbocycles. The number of pyridine rings is 1. The maximum Gasteiger partial charge on any atom is 0.140 e. The van der Waals surface area contributed by atoms with E-state index in [0.29, 0.717) is 0 Å². The molecule has 0 aliphatic carbocycles. The van der Waals surface area contributed by atoms with Gasteiger partial charge in [0.15, 0.2) is 0 Å². The van der Waals surface area contributed by atoms with E-state index in [1.807, 2.05) is 19.3 Å². The quantitative estimate of drug-likeness (QED) is 0.659. The molecule has 0 aliphatic heterocycles. The predicted octanol–water partition coefficient (Wildman–Crippen LogP) is 2.76. The molecule has 0 amide bonds. The summed E-state index contributed by atoms with van der Waals surface area (Å²) in [7, 11) is 0. The zero-order valence-electron chi connectivity index (χ0n) is 8.62. The molecule has 0 aromatic carbocycles. The molecule has 0 saturated heterocycles. The molecule has 72 valence electrons. The lowest BCUT2D eigenvalue weighted by atomic mass is 10.1. The van der Waals surface area contributed by atoms with Crippen molar-refractivity contribution < 1.29 is 0 Å². The van der Waals surface area contributed by atoms with Gasteiger partial charge in [-0.2, -0.15) is 0 Å². The van der Waals surface area contributed by atoms with E-state index in [4.69, 9.17) is 0 Å². The molecule has 2 aromatic rings. The van der Waals surface area contributed by atoms with Crippen LogP contribution >= 0.6 is 0 Å². The van der Waals surface area contributed by atoms with Crippen LogP contribution in [-0.2, 0) is 6.42 Å². The van der Waals surface area contributed by atoms with E-state index in [2.05, 4.69) is 35.2 Å². The number of fused-ring (bicyclic) bond motifs is 1. The Bertz CT molecular complexity index is 480. The maximum atomic E-state index is 4.33. The van der Waals surface area contributed by atoms with Gasteiger partial charge < -0.3 is 4.40 Å². The fraction of sp³-hybridized carbons (Fsp3) is 0.250. The van der Waals surface area contributed by atoms with Crippen LogP contribution in [0.1, 0.15) is 18.1 Å². The van der Waals surface area contributed by atoms with E-state index >= 15 is 0 Å². The van der Waals surface area contributed by atoms with Gasteiger partial charge in [-0.25, -0.2) is 4.98 Å². The van der Waals surface area contributed by atoms with Gasteiger partial charge in [0.1, 0.15) is 5.65 Å². The van der Waals surface area contributed by atoms with Crippen LogP contribution in [0.2, 0.25) is 0 Å². The third-order valence-corrected chi connectivity index (χ3v) is 2.19. The minimum Gasteiger partial charge on any atom is -0.307 e. The van der Waals surface area contributed by atoms with Crippen LogP contribution in [0.5, 0.6) is 0 Å². The van der Waals surface area contributed by atoms with E-state index < -0.39 is 0 Å². The first kappa shape index (κ1) is 9.00. The van der Waals surface area contributed by atoms with Crippen molar-refractivity contribution in [1.82, 2.24) is 9.38 Å². The van der Waals surface area contributed by atoms with Crippen molar-refractivity contribution in [1.29, 1.82) is 0 Å². The summed E-state index contributed by atoms with van der Waals surface area (Å²) in [5.41, 5.74) is 4.72. The summed E-state index contributed by atoms with van der Waals surface area (Å²) >= 11 is 0. The summed E-state index contributed by atoms with van der Waals surface area (Å²) in [5.74, 6) is 0. The summed E-state index contributed by atoms with van der Waals surface area (Å²) in [6.45, 7) is 8.08. The third-order valence-electron chi connectivity index (χ3n) is 2.19. The summed E-state index contributed by atoms with van der Waals surface area (Å²) in [6.07, 6.45) is 6.80. The Kier molecular flexibility index (Phi) is 2.12. The Labute approximate surface area is 83.9 Å². The first-order valence-electron chi connectivity index (χ1n) is 4.73.